The Bertz CT molecular complexity index is 1090. The largest absolute Gasteiger partial charge is 0.356 e. The lowest BCUT2D eigenvalue weighted by Gasteiger charge is -2.29. The number of amides is 1. The maximum Gasteiger partial charge on any atom is 0.267 e. The lowest BCUT2D eigenvalue weighted by atomic mass is 10.1. The molecule has 6 nitrogen and oxygen atoms in total. The Labute approximate surface area is 186 Å². The van der Waals surface area contributed by atoms with Crippen LogP contribution in [-0.2, 0) is 4.79 Å². The summed E-state index contributed by atoms with van der Waals surface area (Å²) in [5, 5.41) is 0. The number of thioether (sulfide) groups is 1. The van der Waals surface area contributed by atoms with Crippen molar-refractivity contribution in [2.45, 2.75) is 46.0 Å². The number of carbonyl (C=O) groups is 1. The first-order chi connectivity index (χ1) is 14.5. The Morgan fingerprint density at radius 1 is 1.23 bits per heavy atom. The number of hydrogen-bond donors (Lipinski definition) is 0. The molecule has 2 fully saturated rings. The highest BCUT2D eigenvalue weighted by Gasteiger charge is 2.32. The zero-order chi connectivity index (χ0) is 21.3. The van der Waals surface area contributed by atoms with E-state index in [1.807, 2.05) is 19.1 Å². The normalized spacial score (nSPS) is 18.8. The summed E-state index contributed by atoms with van der Waals surface area (Å²) in [6.07, 6.45) is 8.68. The number of rotatable bonds is 5. The van der Waals surface area contributed by atoms with E-state index in [4.69, 9.17) is 17.2 Å². The number of anilines is 1. The fraction of sp³-hybridized carbons (Fsp3) is 0.455. The van der Waals surface area contributed by atoms with E-state index in [9.17, 15) is 9.59 Å². The van der Waals surface area contributed by atoms with Gasteiger partial charge in [0.25, 0.3) is 11.5 Å². The smallest absolute Gasteiger partial charge is 0.267 e. The van der Waals surface area contributed by atoms with E-state index in [1.54, 1.807) is 21.6 Å². The molecular formula is C22H26N4O2S2. The fourth-order valence-electron chi connectivity index (χ4n) is 3.91. The molecule has 2 aliphatic heterocycles. The first-order valence-corrected chi connectivity index (χ1v) is 11.8. The molecule has 2 saturated heterocycles. The molecule has 4 rings (SSSR count). The van der Waals surface area contributed by atoms with Crippen LogP contribution in [0.5, 0.6) is 0 Å². The van der Waals surface area contributed by atoms with Crippen LogP contribution in [0.3, 0.4) is 0 Å². The number of carbonyl (C=O) groups excluding carboxylic acids is 1. The van der Waals surface area contributed by atoms with Crippen LogP contribution >= 0.6 is 24.0 Å². The van der Waals surface area contributed by atoms with Crippen molar-refractivity contribution in [2.75, 3.05) is 24.5 Å². The summed E-state index contributed by atoms with van der Waals surface area (Å²) < 4.78 is 2.14. The zero-order valence-corrected chi connectivity index (χ0v) is 19.0. The van der Waals surface area contributed by atoms with Gasteiger partial charge in [0.05, 0.1) is 10.5 Å². The summed E-state index contributed by atoms with van der Waals surface area (Å²) in [6, 6.07) is 3.81. The molecule has 2 aliphatic rings. The number of unbranched alkanes of at least 4 members (excludes halogenated alkanes) is 1. The third-order valence-corrected chi connectivity index (χ3v) is 6.98. The first kappa shape index (κ1) is 21.1. The maximum atomic E-state index is 13.5. The summed E-state index contributed by atoms with van der Waals surface area (Å²) in [4.78, 5) is 35.6. The van der Waals surface area contributed by atoms with Crippen LogP contribution in [0, 0.1) is 6.92 Å². The standard InChI is InChI=1S/C22H26N4O2S2/c1-3-4-12-26-21(28)17(30-22(26)29)14-16-19(24-10-6-5-7-11-24)23-18-15(2)9-8-13-25(18)20(16)27/h8-9,13-14H,3-7,10-12H2,1-2H3. The van der Waals surface area contributed by atoms with Crippen LogP contribution in [0.15, 0.2) is 28.0 Å². The Morgan fingerprint density at radius 2 is 2.00 bits per heavy atom. The molecule has 30 heavy (non-hydrogen) atoms. The number of fused-ring (bicyclic) bond motifs is 1. The van der Waals surface area contributed by atoms with Crippen molar-refractivity contribution in [3.05, 3.63) is 44.7 Å². The SMILES string of the molecule is CCCCN1C(=O)C(=Cc2c(N3CCCCC3)nc3c(C)cccn3c2=O)SC1=S. The number of piperidine rings is 1. The molecule has 0 aromatic carbocycles. The van der Waals surface area contributed by atoms with Gasteiger partial charge in [-0.05, 0) is 50.3 Å². The van der Waals surface area contributed by atoms with Crippen LogP contribution < -0.4 is 10.5 Å². The molecule has 1 amide bonds. The molecule has 0 atom stereocenters. The minimum atomic E-state index is -0.150. The van der Waals surface area contributed by atoms with E-state index in [2.05, 4.69) is 11.8 Å². The second-order valence-electron chi connectivity index (χ2n) is 7.77. The van der Waals surface area contributed by atoms with E-state index in [-0.39, 0.29) is 11.5 Å². The fourth-order valence-corrected chi connectivity index (χ4v) is 5.20. The van der Waals surface area contributed by atoms with E-state index in [0.717, 1.165) is 44.3 Å². The number of pyridine rings is 1. The topological polar surface area (TPSA) is 57.9 Å². The minimum absolute atomic E-state index is 0.114. The molecule has 8 heteroatoms. The van der Waals surface area contributed by atoms with Gasteiger partial charge >= 0.3 is 0 Å². The number of hydrogen-bond acceptors (Lipinski definition) is 6. The zero-order valence-electron chi connectivity index (χ0n) is 17.4. The Morgan fingerprint density at radius 3 is 2.73 bits per heavy atom. The van der Waals surface area contributed by atoms with Gasteiger partial charge in [-0.25, -0.2) is 4.98 Å². The summed E-state index contributed by atoms with van der Waals surface area (Å²) in [6.45, 7) is 6.40. The highest BCUT2D eigenvalue weighted by molar-refractivity contribution is 8.26. The molecule has 0 saturated carbocycles. The molecule has 0 unspecified atom stereocenters. The Hall–Kier alpha value is -2.19. The average Bonchev–Trinajstić information content (AvgIpc) is 3.02. The number of aryl methyl sites for hydroxylation is 1. The summed E-state index contributed by atoms with van der Waals surface area (Å²) in [7, 11) is 0. The van der Waals surface area contributed by atoms with Gasteiger partial charge in [0, 0.05) is 25.8 Å². The first-order valence-electron chi connectivity index (χ1n) is 10.5. The van der Waals surface area contributed by atoms with Gasteiger partial charge in [-0.15, -0.1) is 0 Å². The molecular weight excluding hydrogens is 416 g/mol. The van der Waals surface area contributed by atoms with Crippen LogP contribution in [0.1, 0.15) is 50.2 Å². The minimum Gasteiger partial charge on any atom is -0.356 e. The summed E-state index contributed by atoms with van der Waals surface area (Å²) in [5.74, 6) is 0.560. The average molecular weight is 443 g/mol. The number of aromatic nitrogens is 2. The van der Waals surface area contributed by atoms with Gasteiger partial charge in [0.2, 0.25) is 0 Å². The van der Waals surface area contributed by atoms with Crippen molar-refractivity contribution < 1.29 is 4.79 Å². The summed E-state index contributed by atoms with van der Waals surface area (Å²) in [5.41, 5.74) is 1.93. The molecule has 0 aliphatic carbocycles. The van der Waals surface area contributed by atoms with Crippen LogP contribution in [0.4, 0.5) is 5.82 Å². The van der Waals surface area contributed by atoms with Crippen LogP contribution in [0.25, 0.3) is 11.7 Å². The van der Waals surface area contributed by atoms with Gasteiger partial charge in [0.1, 0.15) is 15.8 Å². The van der Waals surface area contributed by atoms with Gasteiger partial charge in [-0.2, -0.15) is 0 Å². The second-order valence-corrected chi connectivity index (χ2v) is 9.45. The molecule has 2 aromatic rings. The molecule has 2 aromatic heterocycles. The van der Waals surface area contributed by atoms with Crippen molar-refractivity contribution in [3.63, 3.8) is 0 Å². The maximum absolute atomic E-state index is 13.5. The lowest BCUT2D eigenvalue weighted by molar-refractivity contribution is -0.122. The van der Waals surface area contributed by atoms with Crippen molar-refractivity contribution in [2.24, 2.45) is 0 Å². The van der Waals surface area contributed by atoms with Crippen molar-refractivity contribution in [3.8, 4) is 0 Å². The van der Waals surface area contributed by atoms with E-state index >= 15 is 0 Å². The van der Waals surface area contributed by atoms with Crippen molar-refractivity contribution >= 4 is 51.7 Å². The third-order valence-electron chi connectivity index (χ3n) is 5.60. The molecule has 4 heterocycles. The van der Waals surface area contributed by atoms with Gasteiger partial charge in [-0.1, -0.05) is 43.4 Å². The highest BCUT2D eigenvalue weighted by atomic mass is 32.2. The predicted molar refractivity (Wildman–Crippen MR) is 127 cm³/mol. The van der Waals surface area contributed by atoms with E-state index in [1.165, 1.54) is 18.2 Å². The van der Waals surface area contributed by atoms with E-state index < -0.39 is 0 Å². The molecule has 0 spiro atoms. The van der Waals surface area contributed by atoms with Crippen LogP contribution in [-0.4, -0.2) is 44.1 Å². The Balaban J connectivity index is 1.84. The van der Waals surface area contributed by atoms with Gasteiger partial charge in [0.15, 0.2) is 0 Å². The van der Waals surface area contributed by atoms with E-state index in [0.29, 0.717) is 32.8 Å². The highest BCUT2D eigenvalue weighted by Crippen LogP contribution is 2.34. The molecule has 0 N–H and O–H groups in total. The molecule has 158 valence electrons. The lowest BCUT2D eigenvalue weighted by Crippen LogP contribution is -2.34. The van der Waals surface area contributed by atoms with Gasteiger partial charge < -0.3 is 4.90 Å². The van der Waals surface area contributed by atoms with Gasteiger partial charge in [-0.3, -0.25) is 18.9 Å². The van der Waals surface area contributed by atoms with Crippen LogP contribution in [0.2, 0.25) is 0 Å². The summed E-state index contributed by atoms with van der Waals surface area (Å²) >= 11 is 6.70. The number of thiocarbonyl (C=S) groups is 1. The molecule has 0 radical (unpaired) electrons. The quantitative estimate of drug-likeness (QED) is 0.515. The monoisotopic (exact) mass is 442 g/mol. The van der Waals surface area contributed by atoms with Crippen molar-refractivity contribution in [1.82, 2.24) is 14.3 Å². The third kappa shape index (κ3) is 3.90. The van der Waals surface area contributed by atoms with Crippen molar-refractivity contribution in [1.29, 1.82) is 0 Å². The molecule has 0 bridgehead atoms. The second kappa shape index (κ2) is 8.89. The number of nitrogens with zero attached hydrogens (tertiary/aromatic N) is 4. The predicted octanol–water partition coefficient (Wildman–Crippen LogP) is 3.99. The Kier molecular flexibility index (Phi) is 6.24.